The second kappa shape index (κ2) is 7.55. The van der Waals surface area contributed by atoms with Gasteiger partial charge >= 0.3 is 12.3 Å². The Balaban J connectivity index is 1.83. The number of aromatic nitrogens is 2. The summed E-state index contributed by atoms with van der Waals surface area (Å²) in [5.74, 6) is -1.42. The molecule has 1 saturated heterocycles. The van der Waals surface area contributed by atoms with Crippen molar-refractivity contribution in [2.24, 2.45) is 0 Å². The minimum Gasteiger partial charge on any atom is -0.480 e. The van der Waals surface area contributed by atoms with Crippen LogP contribution in [0.2, 0.25) is 0 Å². The lowest BCUT2D eigenvalue weighted by molar-refractivity contribution is -0.274. The number of anilines is 1. The molecule has 1 atom stereocenters. The molecule has 2 N–H and O–H groups in total. The molecule has 13 heteroatoms. The van der Waals surface area contributed by atoms with Gasteiger partial charge in [-0.3, -0.25) is 9.89 Å². The van der Waals surface area contributed by atoms with E-state index in [4.69, 9.17) is 0 Å². The van der Waals surface area contributed by atoms with Crippen LogP contribution in [0.25, 0.3) is 0 Å². The topological polar surface area (TPSA) is 116 Å². The predicted octanol–water partition coefficient (Wildman–Crippen LogP) is 1.58. The number of alkyl halides is 3. The molecule has 1 fully saturated rings. The number of aryl methyl sites for hydroxylation is 1. The molecule has 0 unspecified atom stereocenters. The van der Waals surface area contributed by atoms with Crippen LogP contribution < -0.4 is 9.64 Å². The number of hydrogen-bond donors (Lipinski definition) is 2. The molecule has 3 rings (SSSR count). The molecular formula is C16H17F3N4O5S. The van der Waals surface area contributed by atoms with Crippen molar-refractivity contribution in [3.8, 4) is 5.75 Å². The number of ether oxygens (including phenoxy) is 1. The van der Waals surface area contributed by atoms with Crippen molar-refractivity contribution in [1.29, 1.82) is 0 Å². The predicted molar refractivity (Wildman–Crippen MR) is 94.0 cm³/mol. The van der Waals surface area contributed by atoms with E-state index in [-0.39, 0.29) is 24.5 Å². The Morgan fingerprint density at radius 2 is 1.93 bits per heavy atom. The highest BCUT2D eigenvalue weighted by Gasteiger charge is 2.41. The number of halogens is 3. The fourth-order valence-electron chi connectivity index (χ4n) is 2.98. The van der Waals surface area contributed by atoms with Crippen molar-refractivity contribution in [3.05, 3.63) is 36.0 Å². The zero-order chi connectivity index (χ0) is 21.4. The molecule has 1 aliphatic rings. The molecule has 0 aliphatic carbocycles. The summed E-state index contributed by atoms with van der Waals surface area (Å²) >= 11 is 0. The number of rotatable bonds is 5. The number of carbonyl (C=O) groups is 1. The lowest BCUT2D eigenvalue weighted by atomic mass is 10.2. The van der Waals surface area contributed by atoms with Gasteiger partial charge in [0.05, 0.1) is 4.90 Å². The summed E-state index contributed by atoms with van der Waals surface area (Å²) in [5, 5.41) is 16.3. The van der Waals surface area contributed by atoms with Crippen LogP contribution >= 0.6 is 0 Å². The average molecular weight is 434 g/mol. The average Bonchev–Trinajstić information content (AvgIpc) is 3.06. The maximum atomic E-state index is 12.9. The van der Waals surface area contributed by atoms with Crippen molar-refractivity contribution in [3.63, 3.8) is 0 Å². The minimum atomic E-state index is -4.91. The number of hydrogen-bond acceptors (Lipinski definition) is 6. The molecule has 0 spiro atoms. The normalized spacial score (nSPS) is 18.6. The van der Waals surface area contributed by atoms with Crippen LogP contribution in [-0.2, 0) is 14.8 Å². The van der Waals surface area contributed by atoms with Gasteiger partial charge in [-0.05, 0) is 31.2 Å². The number of aliphatic carboxylic acids is 1. The Bertz CT molecular complexity index is 991. The quantitative estimate of drug-likeness (QED) is 0.734. The lowest BCUT2D eigenvalue weighted by Crippen LogP contribution is -2.58. The second-order valence-electron chi connectivity index (χ2n) is 6.34. The van der Waals surface area contributed by atoms with E-state index >= 15 is 0 Å². The van der Waals surface area contributed by atoms with Crippen LogP contribution in [0.3, 0.4) is 0 Å². The molecule has 2 heterocycles. The summed E-state index contributed by atoms with van der Waals surface area (Å²) in [7, 11) is -4.26. The molecule has 1 aliphatic heterocycles. The molecule has 0 radical (unpaired) electrons. The Hall–Kier alpha value is -2.80. The third-order valence-corrected chi connectivity index (χ3v) is 6.22. The zero-order valence-corrected chi connectivity index (χ0v) is 15.9. The van der Waals surface area contributed by atoms with Crippen LogP contribution in [0.1, 0.15) is 5.69 Å². The Labute approximate surface area is 163 Å². The van der Waals surface area contributed by atoms with E-state index in [0.29, 0.717) is 5.82 Å². The van der Waals surface area contributed by atoms with Gasteiger partial charge in [0.15, 0.2) is 5.82 Å². The van der Waals surface area contributed by atoms with E-state index in [1.54, 1.807) is 17.9 Å². The van der Waals surface area contributed by atoms with Crippen molar-refractivity contribution < 1.29 is 36.2 Å². The van der Waals surface area contributed by atoms with E-state index in [2.05, 4.69) is 14.9 Å². The standard InChI is InChI=1S/C16H17F3N4O5S/c1-10-8-14(21-20-10)22-6-7-23(13(9-22)15(24)25)29(26,27)12-4-2-11(3-5-12)28-16(17,18)19/h2-5,8,13H,6-7,9H2,1H3,(H,20,21)(H,24,25)/t13-/m1/s1. The van der Waals surface area contributed by atoms with E-state index in [1.807, 2.05) is 0 Å². The Morgan fingerprint density at radius 1 is 1.28 bits per heavy atom. The first-order valence-corrected chi connectivity index (χ1v) is 9.79. The van der Waals surface area contributed by atoms with Crippen molar-refractivity contribution >= 4 is 21.8 Å². The highest BCUT2D eigenvalue weighted by atomic mass is 32.2. The molecule has 0 saturated carbocycles. The molecule has 2 aromatic rings. The molecule has 0 amide bonds. The summed E-state index contributed by atoms with van der Waals surface area (Å²) < 4.78 is 67.1. The molecular weight excluding hydrogens is 417 g/mol. The molecule has 158 valence electrons. The number of sulfonamides is 1. The summed E-state index contributed by atoms with van der Waals surface area (Å²) in [4.78, 5) is 13.0. The number of carboxylic acid groups (broad SMARTS) is 1. The van der Waals surface area contributed by atoms with E-state index in [9.17, 15) is 31.5 Å². The van der Waals surface area contributed by atoms with E-state index < -0.39 is 34.1 Å². The van der Waals surface area contributed by atoms with E-state index in [0.717, 1.165) is 34.3 Å². The Morgan fingerprint density at radius 3 is 2.45 bits per heavy atom. The van der Waals surface area contributed by atoms with Crippen LogP contribution in [0, 0.1) is 6.92 Å². The summed E-state index contributed by atoms with van der Waals surface area (Å²) in [6, 6.07) is 3.93. The molecule has 0 bridgehead atoms. The highest BCUT2D eigenvalue weighted by molar-refractivity contribution is 7.89. The summed E-state index contributed by atoms with van der Waals surface area (Å²) in [6.07, 6.45) is -4.91. The number of piperazine rings is 1. The Kier molecular flexibility index (Phi) is 5.45. The minimum absolute atomic E-state index is 0.131. The summed E-state index contributed by atoms with van der Waals surface area (Å²) in [5.41, 5.74) is 0.767. The number of aromatic amines is 1. The third kappa shape index (κ3) is 4.62. The first kappa shape index (κ1) is 20.9. The number of H-pyrrole nitrogens is 1. The highest BCUT2D eigenvalue weighted by Crippen LogP contribution is 2.27. The van der Waals surface area contributed by atoms with Crippen LogP contribution in [0.5, 0.6) is 5.75 Å². The van der Waals surface area contributed by atoms with Gasteiger partial charge in [-0.2, -0.15) is 9.40 Å². The fraction of sp³-hybridized carbons (Fsp3) is 0.375. The molecule has 9 nitrogen and oxygen atoms in total. The first-order chi connectivity index (χ1) is 13.5. The van der Waals surface area contributed by atoms with Gasteiger partial charge in [-0.1, -0.05) is 0 Å². The SMILES string of the molecule is Cc1cc(N2CCN(S(=O)(=O)c3ccc(OC(F)(F)F)cc3)[C@@H](C(=O)O)C2)n[nH]1. The fourth-order valence-corrected chi connectivity index (χ4v) is 4.54. The van der Waals surface area contributed by atoms with Gasteiger partial charge in [-0.25, -0.2) is 8.42 Å². The molecule has 1 aromatic carbocycles. The van der Waals surface area contributed by atoms with Crippen molar-refractivity contribution in [2.45, 2.75) is 24.2 Å². The maximum Gasteiger partial charge on any atom is 0.573 e. The van der Waals surface area contributed by atoms with Gasteiger partial charge in [0, 0.05) is 31.4 Å². The van der Waals surface area contributed by atoms with Gasteiger partial charge < -0.3 is 14.7 Å². The van der Waals surface area contributed by atoms with Gasteiger partial charge in [0.25, 0.3) is 0 Å². The lowest BCUT2D eigenvalue weighted by Gasteiger charge is -2.38. The van der Waals surface area contributed by atoms with Gasteiger partial charge in [-0.15, -0.1) is 13.2 Å². The van der Waals surface area contributed by atoms with Crippen LogP contribution in [-0.4, -0.2) is 66.0 Å². The van der Waals surface area contributed by atoms with E-state index in [1.165, 1.54) is 0 Å². The number of benzene rings is 1. The number of carboxylic acids is 1. The smallest absolute Gasteiger partial charge is 0.480 e. The van der Waals surface area contributed by atoms with Gasteiger partial charge in [0.2, 0.25) is 10.0 Å². The summed E-state index contributed by atoms with van der Waals surface area (Å²) in [6.45, 7) is 1.71. The largest absolute Gasteiger partial charge is 0.573 e. The molecule has 29 heavy (non-hydrogen) atoms. The number of nitrogens with zero attached hydrogens (tertiary/aromatic N) is 3. The van der Waals surface area contributed by atoms with Crippen molar-refractivity contribution in [2.75, 3.05) is 24.5 Å². The monoisotopic (exact) mass is 434 g/mol. The van der Waals surface area contributed by atoms with Crippen LogP contribution in [0.4, 0.5) is 19.0 Å². The number of nitrogens with one attached hydrogen (secondary N) is 1. The van der Waals surface area contributed by atoms with Gasteiger partial charge in [0.1, 0.15) is 11.8 Å². The first-order valence-electron chi connectivity index (χ1n) is 8.35. The molecule has 1 aromatic heterocycles. The van der Waals surface area contributed by atoms with Crippen molar-refractivity contribution in [1.82, 2.24) is 14.5 Å². The zero-order valence-electron chi connectivity index (χ0n) is 15.0. The second-order valence-corrected chi connectivity index (χ2v) is 8.23. The third-order valence-electron chi connectivity index (χ3n) is 4.30. The maximum absolute atomic E-state index is 12.9. The van der Waals surface area contributed by atoms with Crippen LogP contribution in [0.15, 0.2) is 35.2 Å².